The molecule has 32 heavy (non-hydrogen) atoms. The molecule has 0 saturated carbocycles. The number of hydrogen-bond donors (Lipinski definition) is 1. The Morgan fingerprint density at radius 2 is 1.69 bits per heavy atom. The number of hydrogen-bond acceptors (Lipinski definition) is 5. The molecule has 0 unspecified atom stereocenters. The van der Waals surface area contributed by atoms with E-state index in [1.54, 1.807) is 18.2 Å². The molecule has 2 heterocycles. The lowest BCUT2D eigenvalue weighted by molar-refractivity contribution is 0.432. The standard InChI is InChI=1S/C24H17FN4O3/c1-14-2-6-16(7-3-14)21-27-22(32-28-21)17-8-11-19-20(12-17)26-24(31)29(23(19)30)13-15-4-9-18(25)10-5-15/h2-12H,13H2,1H3,(H,26,31). The zero-order valence-corrected chi connectivity index (χ0v) is 17.0. The molecule has 8 heteroatoms. The SMILES string of the molecule is Cc1ccc(-c2noc(-c3ccc4c(=O)n(Cc5ccc(F)cc5)c(=O)[nH]c4c3)n2)cc1. The second-order valence-corrected chi connectivity index (χ2v) is 7.50. The first-order valence-corrected chi connectivity index (χ1v) is 9.90. The molecule has 0 atom stereocenters. The van der Waals surface area contributed by atoms with Crippen LogP contribution in [0.1, 0.15) is 11.1 Å². The van der Waals surface area contributed by atoms with E-state index in [-0.39, 0.29) is 18.3 Å². The van der Waals surface area contributed by atoms with Crippen LogP contribution in [0.4, 0.5) is 4.39 Å². The summed E-state index contributed by atoms with van der Waals surface area (Å²) in [6.07, 6.45) is 0. The maximum atomic E-state index is 13.1. The zero-order valence-electron chi connectivity index (χ0n) is 17.0. The molecule has 0 saturated heterocycles. The van der Waals surface area contributed by atoms with Gasteiger partial charge in [-0.15, -0.1) is 0 Å². The van der Waals surface area contributed by atoms with Gasteiger partial charge in [0.15, 0.2) is 0 Å². The first-order chi connectivity index (χ1) is 15.5. The highest BCUT2D eigenvalue weighted by molar-refractivity contribution is 5.82. The van der Waals surface area contributed by atoms with Crippen molar-refractivity contribution in [2.24, 2.45) is 0 Å². The number of benzene rings is 3. The Balaban J connectivity index is 1.51. The van der Waals surface area contributed by atoms with Crippen LogP contribution < -0.4 is 11.2 Å². The van der Waals surface area contributed by atoms with Crippen molar-refractivity contribution in [3.05, 3.63) is 105 Å². The fraction of sp³-hybridized carbons (Fsp3) is 0.0833. The van der Waals surface area contributed by atoms with Crippen LogP contribution in [0, 0.1) is 12.7 Å². The Hall–Kier alpha value is -4.33. The highest BCUT2D eigenvalue weighted by Gasteiger charge is 2.14. The summed E-state index contributed by atoms with van der Waals surface area (Å²) in [4.78, 5) is 32.6. The molecule has 0 aliphatic carbocycles. The molecule has 7 nitrogen and oxygen atoms in total. The van der Waals surface area contributed by atoms with Crippen molar-refractivity contribution < 1.29 is 8.91 Å². The maximum absolute atomic E-state index is 13.1. The summed E-state index contributed by atoms with van der Waals surface area (Å²) in [5.41, 5.74) is 2.53. The number of halogens is 1. The first-order valence-electron chi connectivity index (χ1n) is 9.90. The number of aromatic amines is 1. The molecular formula is C24H17FN4O3. The third-order valence-corrected chi connectivity index (χ3v) is 5.22. The van der Waals surface area contributed by atoms with Gasteiger partial charge in [0.1, 0.15) is 5.82 Å². The van der Waals surface area contributed by atoms with Gasteiger partial charge in [-0.05, 0) is 42.8 Å². The van der Waals surface area contributed by atoms with E-state index >= 15 is 0 Å². The lowest BCUT2D eigenvalue weighted by Gasteiger charge is -2.07. The molecule has 0 radical (unpaired) electrons. The van der Waals surface area contributed by atoms with E-state index in [0.717, 1.165) is 15.7 Å². The second kappa shape index (κ2) is 7.73. The van der Waals surface area contributed by atoms with E-state index in [4.69, 9.17) is 4.52 Å². The molecule has 3 aromatic carbocycles. The highest BCUT2D eigenvalue weighted by Crippen LogP contribution is 2.24. The Kier molecular flexibility index (Phi) is 4.74. The molecule has 1 N–H and O–H groups in total. The fourth-order valence-corrected chi connectivity index (χ4v) is 3.46. The van der Waals surface area contributed by atoms with Crippen LogP contribution in [-0.2, 0) is 6.54 Å². The van der Waals surface area contributed by atoms with Crippen LogP contribution in [0.5, 0.6) is 0 Å². The van der Waals surface area contributed by atoms with Gasteiger partial charge >= 0.3 is 5.69 Å². The van der Waals surface area contributed by atoms with E-state index in [1.807, 2.05) is 31.2 Å². The molecule has 0 amide bonds. The Bertz CT molecular complexity index is 1550. The van der Waals surface area contributed by atoms with Gasteiger partial charge in [-0.25, -0.2) is 9.18 Å². The van der Waals surface area contributed by atoms with E-state index in [2.05, 4.69) is 15.1 Å². The van der Waals surface area contributed by atoms with Gasteiger partial charge in [0.05, 0.1) is 17.4 Å². The molecule has 5 aromatic rings. The summed E-state index contributed by atoms with van der Waals surface area (Å²) >= 11 is 0. The average Bonchev–Trinajstić information content (AvgIpc) is 3.28. The molecule has 0 aliphatic rings. The van der Waals surface area contributed by atoms with Crippen LogP contribution in [0.2, 0.25) is 0 Å². The van der Waals surface area contributed by atoms with Gasteiger partial charge in [-0.2, -0.15) is 4.98 Å². The van der Waals surface area contributed by atoms with Crippen molar-refractivity contribution in [1.29, 1.82) is 0 Å². The van der Waals surface area contributed by atoms with Crippen LogP contribution in [0.3, 0.4) is 0 Å². The summed E-state index contributed by atoms with van der Waals surface area (Å²) in [6, 6.07) is 18.3. The molecule has 0 bridgehead atoms. The predicted octanol–water partition coefficient (Wildman–Crippen LogP) is 3.90. The van der Waals surface area contributed by atoms with Crippen molar-refractivity contribution in [2.45, 2.75) is 13.5 Å². The molecule has 0 fully saturated rings. The zero-order chi connectivity index (χ0) is 22.2. The quantitative estimate of drug-likeness (QED) is 0.469. The highest BCUT2D eigenvalue weighted by atomic mass is 19.1. The van der Waals surface area contributed by atoms with Crippen LogP contribution in [0.15, 0.2) is 80.8 Å². The van der Waals surface area contributed by atoms with Gasteiger partial charge in [0.2, 0.25) is 5.82 Å². The Labute approximate surface area is 180 Å². The van der Waals surface area contributed by atoms with Crippen molar-refractivity contribution in [1.82, 2.24) is 19.7 Å². The molecule has 0 spiro atoms. The largest absolute Gasteiger partial charge is 0.334 e. The van der Waals surface area contributed by atoms with Crippen LogP contribution >= 0.6 is 0 Å². The van der Waals surface area contributed by atoms with E-state index in [0.29, 0.717) is 27.9 Å². The number of H-pyrrole nitrogens is 1. The minimum absolute atomic E-state index is 0.0374. The van der Waals surface area contributed by atoms with Gasteiger partial charge < -0.3 is 9.51 Å². The summed E-state index contributed by atoms with van der Waals surface area (Å²) in [6.45, 7) is 2.03. The lowest BCUT2D eigenvalue weighted by atomic mass is 10.1. The smallest absolute Gasteiger partial charge is 0.329 e. The first kappa shape index (κ1) is 19.6. The normalized spacial score (nSPS) is 11.2. The summed E-state index contributed by atoms with van der Waals surface area (Å²) < 4.78 is 19.6. The topological polar surface area (TPSA) is 93.8 Å². The lowest BCUT2D eigenvalue weighted by Crippen LogP contribution is -2.35. The minimum atomic E-state index is -0.560. The number of nitrogens with one attached hydrogen (secondary N) is 1. The molecule has 158 valence electrons. The maximum Gasteiger partial charge on any atom is 0.329 e. The Morgan fingerprint density at radius 3 is 2.44 bits per heavy atom. The molecular weight excluding hydrogens is 411 g/mol. The predicted molar refractivity (Wildman–Crippen MR) is 118 cm³/mol. The van der Waals surface area contributed by atoms with Crippen LogP contribution in [-0.4, -0.2) is 19.7 Å². The molecule has 0 aliphatic heterocycles. The van der Waals surface area contributed by atoms with Crippen molar-refractivity contribution in [3.8, 4) is 22.8 Å². The number of aromatic nitrogens is 4. The van der Waals surface area contributed by atoms with Crippen molar-refractivity contribution >= 4 is 10.9 Å². The Morgan fingerprint density at radius 1 is 0.969 bits per heavy atom. The summed E-state index contributed by atoms with van der Waals surface area (Å²) in [7, 11) is 0. The van der Waals surface area contributed by atoms with E-state index in [9.17, 15) is 14.0 Å². The van der Waals surface area contributed by atoms with Crippen molar-refractivity contribution in [3.63, 3.8) is 0 Å². The number of nitrogens with zero attached hydrogens (tertiary/aromatic N) is 3. The second-order valence-electron chi connectivity index (χ2n) is 7.50. The average molecular weight is 428 g/mol. The summed E-state index contributed by atoms with van der Waals surface area (Å²) in [5.74, 6) is 0.342. The number of fused-ring (bicyclic) bond motifs is 1. The molecule has 5 rings (SSSR count). The van der Waals surface area contributed by atoms with E-state index < -0.39 is 11.2 Å². The van der Waals surface area contributed by atoms with Gasteiger partial charge in [-0.1, -0.05) is 47.1 Å². The number of rotatable bonds is 4. The van der Waals surface area contributed by atoms with E-state index in [1.165, 1.54) is 24.3 Å². The third kappa shape index (κ3) is 3.62. The number of aryl methyl sites for hydroxylation is 1. The van der Waals surface area contributed by atoms with Crippen molar-refractivity contribution in [2.75, 3.05) is 0 Å². The van der Waals surface area contributed by atoms with Gasteiger partial charge in [0, 0.05) is 11.1 Å². The van der Waals surface area contributed by atoms with Crippen LogP contribution in [0.25, 0.3) is 33.7 Å². The minimum Gasteiger partial charge on any atom is -0.334 e. The summed E-state index contributed by atoms with van der Waals surface area (Å²) in [5, 5.41) is 4.37. The monoisotopic (exact) mass is 428 g/mol. The van der Waals surface area contributed by atoms with Gasteiger partial charge in [-0.3, -0.25) is 9.36 Å². The third-order valence-electron chi connectivity index (χ3n) is 5.22. The fourth-order valence-electron chi connectivity index (χ4n) is 3.46. The van der Waals surface area contributed by atoms with Gasteiger partial charge in [0.25, 0.3) is 11.4 Å². The molecule has 2 aromatic heterocycles.